The second-order valence-electron chi connectivity index (χ2n) is 4.40. The second kappa shape index (κ2) is 6.10. The van der Waals surface area contributed by atoms with E-state index in [1.165, 1.54) is 12.1 Å². The van der Waals surface area contributed by atoms with Crippen LogP contribution in [0.2, 0.25) is 0 Å². The van der Waals surface area contributed by atoms with Crippen molar-refractivity contribution in [2.45, 2.75) is 13.3 Å². The molecule has 0 amide bonds. The van der Waals surface area contributed by atoms with Crippen LogP contribution < -0.4 is 4.74 Å². The van der Waals surface area contributed by atoms with Crippen LogP contribution in [0.5, 0.6) is 17.2 Å². The highest BCUT2D eigenvalue weighted by Crippen LogP contribution is 2.25. The summed E-state index contributed by atoms with van der Waals surface area (Å²) in [6.07, 6.45) is 0.919. The van der Waals surface area contributed by atoms with Crippen LogP contribution in [0.15, 0.2) is 42.5 Å². The van der Waals surface area contributed by atoms with Gasteiger partial charge in [0.1, 0.15) is 17.2 Å². The van der Waals surface area contributed by atoms with E-state index in [1.807, 2.05) is 6.92 Å². The van der Waals surface area contributed by atoms with E-state index < -0.39 is 0 Å². The number of phenols is 2. The SMILES string of the molecule is CCCOc1ccc(C(=O)c2ccc(O)cc2O)cc1. The van der Waals surface area contributed by atoms with Crippen LogP contribution in [-0.4, -0.2) is 22.6 Å². The highest BCUT2D eigenvalue weighted by Gasteiger charge is 2.14. The Balaban J connectivity index is 2.20. The molecule has 0 radical (unpaired) electrons. The fourth-order valence-electron chi connectivity index (χ4n) is 1.79. The van der Waals surface area contributed by atoms with E-state index in [0.717, 1.165) is 12.5 Å². The molecule has 2 aromatic carbocycles. The number of ketones is 1. The third kappa shape index (κ3) is 3.09. The van der Waals surface area contributed by atoms with Crippen LogP contribution >= 0.6 is 0 Å². The Kier molecular flexibility index (Phi) is 4.25. The Morgan fingerprint density at radius 3 is 2.40 bits per heavy atom. The zero-order valence-electron chi connectivity index (χ0n) is 11.2. The van der Waals surface area contributed by atoms with E-state index in [-0.39, 0.29) is 22.8 Å². The lowest BCUT2D eigenvalue weighted by atomic mass is 10.0. The topological polar surface area (TPSA) is 66.8 Å². The van der Waals surface area contributed by atoms with Gasteiger partial charge in [-0.3, -0.25) is 4.79 Å². The maximum absolute atomic E-state index is 12.2. The molecule has 0 fully saturated rings. The second-order valence-corrected chi connectivity index (χ2v) is 4.40. The summed E-state index contributed by atoms with van der Waals surface area (Å²) in [5, 5.41) is 18.9. The molecule has 0 saturated heterocycles. The van der Waals surface area contributed by atoms with Gasteiger partial charge in [-0.1, -0.05) is 6.92 Å². The number of carbonyl (C=O) groups is 1. The van der Waals surface area contributed by atoms with E-state index in [0.29, 0.717) is 17.9 Å². The van der Waals surface area contributed by atoms with Gasteiger partial charge in [0.2, 0.25) is 0 Å². The Morgan fingerprint density at radius 1 is 1.10 bits per heavy atom. The van der Waals surface area contributed by atoms with Crippen molar-refractivity contribution in [3.05, 3.63) is 53.6 Å². The first kappa shape index (κ1) is 13.9. The van der Waals surface area contributed by atoms with Crippen LogP contribution in [-0.2, 0) is 0 Å². The molecular formula is C16H16O4. The van der Waals surface area contributed by atoms with Crippen LogP contribution in [0.3, 0.4) is 0 Å². The molecule has 2 rings (SSSR count). The van der Waals surface area contributed by atoms with Crippen molar-refractivity contribution in [2.24, 2.45) is 0 Å². The lowest BCUT2D eigenvalue weighted by Crippen LogP contribution is -2.02. The summed E-state index contributed by atoms with van der Waals surface area (Å²) in [5.41, 5.74) is 0.611. The molecular weight excluding hydrogens is 256 g/mol. The van der Waals surface area contributed by atoms with Gasteiger partial charge >= 0.3 is 0 Å². The average molecular weight is 272 g/mol. The van der Waals surface area contributed by atoms with Crippen molar-refractivity contribution in [3.8, 4) is 17.2 Å². The third-order valence-electron chi connectivity index (χ3n) is 2.82. The van der Waals surface area contributed by atoms with Crippen molar-refractivity contribution in [3.63, 3.8) is 0 Å². The van der Waals surface area contributed by atoms with Crippen LogP contribution in [0.25, 0.3) is 0 Å². The first-order chi connectivity index (χ1) is 9.61. The molecule has 0 saturated carbocycles. The molecule has 0 unspecified atom stereocenters. The Hall–Kier alpha value is -2.49. The van der Waals surface area contributed by atoms with E-state index >= 15 is 0 Å². The van der Waals surface area contributed by atoms with Gasteiger partial charge in [-0.15, -0.1) is 0 Å². The maximum Gasteiger partial charge on any atom is 0.196 e. The molecule has 0 atom stereocenters. The minimum absolute atomic E-state index is 0.0811. The van der Waals surface area contributed by atoms with Crippen molar-refractivity contribution >= 4 is 5.78 Å². The van der Waals surface area contributed by atoms with E-state index in [1.54, 1.807) is 24.3 Å². The number of carbonyl (C=O) groups excluding carboxylic acids is 1. The molecule has 0 spiro atoms. The number of benzene rings is 2. The monoisotopic (exact) mass is 272 g/mol. The zero-order valence-corrected chi connectivity index (χ0v) is 11.2. The zero-order chi connectivity index (χ0) is 14.5. The van der Waals surface area contributed by atoms with Gasteiger partial charge < -0.3 is 14.9 Å². The Morgan fingerprint density at radius 2 is 1.80 bits per heavy atom. The molecule has 0 aliphatic carbocycles. The molecule has 104 valence electrons. The standard InChI is InChI=1S/C16H16O4/c1-2-9-20-13-6-3-11(4-7-13)16(19)14-8-5-12(17)10-15(14)18/h3-8,10,17-18H,2,9H2,1H3. The van der Waals surface area contributed by atoms with Crippen molar-refractivity contribution in [1.82, 2.24) is 0 Å². The molecule has 2 N–H and O–H groups in total. The van der Waals surface area contributed by atoms with Crippen molar-refractivity contribution in [1.29, 1.82) is 0 Å². The summed E-state index contributed by atoms with van der Waals surface area (Å²) in [5.74, 6) is 0.0894. The molecule has 0 aliphatic rings. The van der Waals surface area contributed by atoms with Gasteiger partial charge in [0.15, 0.2) is 5.78 Å². The summed E-state index contributed by atoms with van der Waals surface area (Å²) in [6.45, 7) is 2.65. The van der Waals surface area contributed by atoms with Crippen LogP contribution in [0.1, 0.15) is 29.3 Å². The van der Waals surface area contributed by atoms with E-state index in [2.05, 4.69) is 0 Å². The van der Waals surface area contributed by atoms with E-state index in [4.69, 9.17) is 4.74 Å². The minimum atomic E-state index is -0.301. The number of phenolic OH excluding ortho intramolecular Hbond substituents is 2. The van der Waals surface area contributed by atoms with Gasteiger partial charge in [-0.25, -0.2) is 0 Å². The third-order valence-corrected chi connectivity index (χ3v) is 2.82. The quantitative estimate of drug-likeness (QED) is 0.821. The largest absolute Gasteiger partial charge is 0.508 e. The van der Waals surface area contributed by atoms with Gasteiger partial charge in [-0.05, 0) is 42.8 Å². The Bertz CT molecular complexity index is 602. The summed E-state index contributed by atoms with van der Waals surface area (Å²) in [6, 6.07) is 10.7. The molecule has 20 heavy (non-hydrogen) atoms. The van der Waals surface area contributed by atoms with Gasteiger partial charge in [0.25, 0.3) is 0 Å². The summed E-state index contributed by atoms with van der Waals surface area (Å²) in [7, 11) is 0. The summed E-state index contributed by atoms with van der Waals surface area (Å²) >= 11 is 0. The normalized spacial score (nSPS) is 10.2. The van der Waals surface area contributed by atoms with Gasteiger partial charge in [0, 0.05) is 11.6 Å². The predicted molar refractivity (Wildman–Crippen MR) is 75.4 cm³/mol. The molecule has 0 aromatic heterocycles. The van der Waals surface area contributed by atoms with Gasteiger partial charge in [0.05, 0.1) is 12.2 Å². The predicted octanol–water partition coefficient (Wildman–Crippen LogP) is 3.12. The highest BCUT2D eigenvalue weighted by atomic mass is 16.5. The van der Waals surface area contributed by atoms with E-state index in [9.17, 15) is 15.0 Å². The molecule has 2 aromatic rings. The first-order valence-corrected chi connectivity index (χ1v) is 6.41. The summed E-state index contributed by atoms with van der Waals surface area (Å²) in [4.78, 5) is 12.2. The summed E-state index contributed by atoms with van der Waals surface area (Å²) < 4.78 is 5.44. The molecule has 4 heteroatoms. The van der Waals surface area contributed by atoms with Gasteiger partial charge in [-0.2, -0.15) is 0 Å². The highest BCUT2D eigenvalue weighted by molar-refractivity contribution is 6.10. The fraction of sp³-hybridized carbons (Fsp3) is 0.188. The number of aromatic hydroxyl groups is 2. The number of rotatable bonds is 5. The lowest BCUT2D eigenvalue weighted by molar-refractivity contribution is 0.103. The maximum atomic E-state index is 12.2. The minimum Gasteiger partial charge on any atom is -0.508 e. The number of ether oxygens (including phenoxy) is 1. The molecule has 0 bridgehead atoms. The first-order valence-electron chi connectivity index (χ1n) is 6.41. The molecule has 0 heterocycles. The van der Waals surface area contributed by atoms with Crippen LogP contribution in [0.4, 0.5) is 0 Å². The smallest absolute Gasteiger partial charge is 0.196 e. The molecule has 0 aliphatic heterocycles. The van der Waals surface area contributed by atoms with Crippen molar-refractivity contribution in [2.75, 3.05) is 6.61 Å². The van der Waals surface area contributed by atoms with Crippen molar-refractivity contribution < 1.29 is 19.7 Å². The number of hydrogen-bond donors (Lipinski definition) is 2. The average Bonchev–Trinajstić information content (AvgIpc) is 2.45. The number of hydrogen-bond acceptors (Lipinski definition) is 4. The Labute approximate surface area is 117 Å². The van der Waals surface area contributed by atoms with Crippen LogP contribution in [0, 0.1) is 0 Å². The molecule has 4 nitrogen and oxygen atoms in total. The lowest BCUT2D eigenvalue weighted by Gasteiger charge is -2.07. The fourth-order valence-corrected chi connectivity index (χ4v) is 1.79.